The van der Waals surface area contributed by atoms with Crippen LogP contribution in [-0.4, -0.2) is 6.08 Å². The van der Waals surface area contributed by atoms with Gasteiger partial charge in [0, 0.05) is 0 Å². The lowest BCUT2D eigenvalue weighted by Crippen LogP contribution is -2.32. The lowest BCUT2D eigenvalue weighted by Gasteiger charge is -2.40. The van der Waals surface area contributed by atoms with Gasteiger partial charge in [-0.3, -0.25) is 0 Å². The first kappa shape index (κ1) is 11.6. The van der Waals surface area contributed by atoms with Gasteiger partial charge in [-0.25, -0.2) is 4.79 Å². The Bertz CT molecular complexity index is 392. The number of hydrogen-bond donors (Lipinski definition) is 0. The van der Waals surface area contributed by atoms with Crippen LogP contribution >= 0.6 is 11.3 Å². The number of carbonyl (C=O) groups excluding carboxylic acids is 1. The van der Waals surface area contributed by atoms with Gasteiger partial charge in [0.1, 0.15) is 0 Å². The van der Waals surface area contributed by atoms with Crippen LogP contribution in [0.15, 0.2) is 21.8 Å². The molecule has 86 valence electrons. The first-order valence-electron chi connectivity index (χ1n) is 5.70. The molecule has 1 fully saturated rings. The monoisotopic (exact) mass is 235 g/mol. The Morgan fingerprint density at radius 3 is 2.50 bits per heavy atom. The maximum Gasteiger partial charge on any atom is 0.235 e. The van der Waals surface area contributed by atoms with E-state index in [2.05, 4.69) is 35.7 Å². The molecule has 0 bridgehead atoms. The van der Waals surface area contributed by atoms with E-state index in [1.54, 1.807) is 17.4 Å². The Morgan fingerprint density at radius 1 is 1.31 bits per heavy atom. The first-order chi connectivity index (χ1) is 7.58. The highest BCUT2D eigenvalue weighted by molar-refractivity contribution is 7.08. The van der Waals surface area contributed by atoms with E-state index in [0.29, 0.717) is 5.41 Å². The summed E-state index contributed by atoms with van der Waals surface area (Å²) in [6.45, 7) is 4.57. The summed E-state index contributed by atoms with van der Waals surface area (Å²) in [7, 11) is 0. The molecule has 2 rings (SSSR count). The van der Waals surface area contributed by atoms with Gasteiger partial charge in [-0.1, -0.05) is 13.8 Å². The molecule has 1 heterocycles. The lowest BCUT2D eigenvalue weighted by atomic mass is 9.68. The molecule has 0 amide bonds. The molecular formula is C13H17NOS. The van der Waals surface area contributed by atoms with Crippen molar-refractivity contribution >= 4 is 17.4 Å². The first-order valence-corrected chi connectivity index (χ1v) is 6.64. The van der Waals surface area contributed by atoms with Gasteiger partial charge in [-0.2, -0.15) is 16.3 Å². The summed E-state index contributed by atoms with van der Waals surface area (Å²) >= 11 is 1.67. The van der Waals surface area contributed by atoms with Crippen LogP contribution in [0.5, 0.6) is 0 Å². The van der Waals surface area contributed by atoms with Crippen molar-refractivity contribution in [3.05, 3.63) is 22.4 Å². The fraction of sp³-hybridized carbons (Fsp3) is 0.615. The van der Waals surface area contributed by atoms with Crippen LogP contribution in [0.2, 0.25) is 0 Å². The summed E-state index contributed by atoms with van der Waals surface area (Å²) in [6.07, 6.45) is 5.94. The van der Waals surface area contributed by atoms with E-state index in [-0.39, 0.29) is 5.54 Å². The Balaban J connectivity index is 2.29. The fourth-order valence-corrected chi connectivity index (χ4v) is 3.17. The molecule has 2 nitrogen and oxygen atoms in total. The second kappa shape index (κ2) is 4.15. The van der Waals surface area contributed by atoms with E-state index in [1.807, 2.05) is 0 Å². The molecular weight excluding hydrogens is 218 g/mol. The summed E-state index contributed by atoms with van der Waals surface area (Å²) in [5.41, 5.74) is 1.30. The van der Waals surface area contributed by atoms with Crippen LogP contribution in [0.4, 0.5) is 0 Å². The van der Waals surface area contributed by atoms with Crippen molar-refractivity contribution in [2.24, 2.45) is 10.4 Å². The molecule has 0 N–H and O–H groups in total. The van der Waals surface area contributed by atoms with E-state index in [4.69, 9.17) is 0 Å². The zero-order valence-corrected chi connectivity index (χ0v) is 10.6. The van der Waals surface area contributed by atoms with Gasteiger partial charge >= 0.3 is 0 Å². The van der Waals surface area contributed by atoms with Crippen LogP contribution in [0.1, 0.15) is 45.1 Å². The van der Waals surface area contributed by atoms with E-state index < -0.39 is 0 Å². The van der Waals surface area contributed by atoms with Crippen LogP contribution in [0.25, 0.3) is 0 Å². The number of rotatable bonds is 2. The maximum absolute atomic E-state index is 10.6. The molecule has 1 saturated carbocycles. The van der Waals surface area contributed by atoms with Gasteiger partial charge in [0.2, 0.25) is 6.08 Å². The highest BCUT2D eigenvalue weighted by Gasteiger charge is 2.39. The number of thiophene rings is 1. The third-order valence-electron chi connectivity index (χ3n) is 3.75. The maximum atomic E-state index is 10.6. The van der Waals surface area contributed by atoms with Crippen molar-refractivity contribution in [1.29, 1.82) is 0 Å². The van der Waals surface area contributed by atoms with Gasteiger partial charge in [0.05, 0.1) is 5.54 Å². The lowest BCUT2D eigenvalue weighted by molar-refractivity contribution is 0.167. The second-order valence-corrected chi connectivity index (χ2v) is 6.19. The largest absolute Gasteiger partial charge is 0.235 e. The number of aliphatic imine (C=N–C) groups is 1. The summed E-state index contributed by atoms with van der Waals surface area (Å²) in [5.74, 6) is 0. The highest BCUT2D eigenvalue weighted by Crippen LogP contribution is 2.47. The van der Waals surface area contributed by atoms with Crippen LogP contribution < -0.4 is 0 Å². The predicted octanol–water partition coefficient (Wildman–Crippen LogP) is 3.88. The summed E-state index contributed by atoms with van der Waals surface area (Å²) in [5, 5.41) is 4.16. The Kier molecular flexibility index (Phi) is 3.00. The highest BCUT2D eigenvalue weighted by atomic mass is 32.1. The molecule has 16 heavy (non-hydrogen) atoms. The smallest absolute Gasteiger partial charge is 0.211 e. The average molecular weight is 235 g/mol. The van der Waals surface area contributed by atoms with Crippen molar-refractivity contribution < 1.29 is 4.79 Å². The average Bonchev–Trinajstić information content (AvgIpc) is 2.76. The Labute approximate surface area is 100 Å². The zero-order valence-electron chi connectivity index (χ0n) is 9.82. The topological polar surface area (TPSA) is 29.4 Å². The molecule has 0 spiro atoms. The SMILES string of the molecule is CC1(C)CCC(N=C=O)(c2ccsc2)CC1. The molecule has 1 aromatic heterocycles. The number of hydrogen-bond acceptors (Lipinski definition) is 3. The molecule has 0 atom stereocenters. The number of isocyanates is 1. The normalized spacial score (nSPS) is 22.4. The molecule has 0 radical (unpaired) electrons. The van der Waals surface area contributed by atoms with Crippen molar-refractivity contribution in [2.75, 3.05) is 0 Å². The van der Waals surface area contributed by atoms with Gasteiger partial charge in [0.25, 0.3) is 0 Å². The fourth-order valence-electron chi connectivity index (χ4n) is 2.42. The van der Waals surface area contributed by atoms with E-state index in [0.717, 1.165) is 25.7 Å². The van der Waals surface area contributed by atoms with E-state index >= 15 is 0 Å². The molecule has 0 aromatic carbocycles. The van der Waals surface area contributed by atoms with Gasteiger partial charge in [0.15, 0.2) is 0 Å². The molecule has 1 aromatic rings. The minimum absolute atomic E-state index is 0.280. The van der Waals surface area contributed by atoms with Gasteiger partial charge in [-0.15, -0.1) is 0 Å². The molecule has 3 heteroatoms. The molecule has 1 aliphatic rings. The van der Waals surface area contributed by atoms with Crippen molar-refractivity contribution in [3.63, 3.8) is 0 Å². The minimum atomic E-state index is -0.280. The van der Waals surface area contributed by atoms with Crippen molar-refractivity contribution in [1.82, 2.24) is 0 Å². The second-order valence-electron chi connectivity index (χ2n) is 5.41. The Morgan fingerprint density at radius 2 is 2.00 bits per heavy atom. The van der Waals surface area contributed by atoms with Crippen LogP contribution in [-0.2, 0) is 10.3 Å². The molecule has 0 saturated heterocycles. The Hall–Kier alpha value is -0.920. The molecule has 1 aliphatic carbocycles. The van der Waals surface area contributed by atoms with Gasteiger partial charge < -0.3 is 0 Å². The minimum Gasteiger partial charge on any atom is -0.211 e. The van der Waals surface area contributed by atoms with Crippen molar-refractivity contribution in [3.8, 4) is 0 Å². The summed E-state index contributed by atoms with van der Waals surface area (Å²) < 4.78 is 0. The quantitative estimate of drug-likeness (QED) is 0.565. The predicted molar refractivity (Wildman–Crippen MR) is 66.4 cm³/mol. The van der Waals surface area contributed by atoms with Crippen LogP contribution in [0, 0.1) is 5.41 Å². The van der Waals surface area contributed by atoms with Crippen molar-refractivity contribution in [2.45, 2.75) is 45.1 Å². The third-order valence-corrected chi connectivity index (χ3v) is 4.43. The van der Waals surface area contributed by atoms with E-state index in [1.165, 1.54) is 5.56 Å². The summed E-state index contributed by atoms with van der Waals surface area (Å²) in [4.78, 5) is 14.8. The zero-order chi connectivity index (χ0) is 11.6. The molecule has 0 unspecified atom stereocenters. The molecule has 0 aliphatic heterocycles. The standard InChI is InChI=1S/C13H17NOS/c1-12(2)4-6-13(7-5-12,14-10-15)11-3-8-16-9-11/h3,8-9H,4-7H2,1-2H3. The van der Waals surface area contributed by atoms with Crippen LogP contribution in [0.3, 0.4) is 0 Å². The number of nitrogens with zero attached hydrogens (tertiary/aromatic N) is 1. The van der Waals surface area contributed by atoms with E-state index in [9.17, 15) is 4.79 Å². The summed E-state index contributed by atoms with van der Waals surface area (Å²) in [6, 6.07) is 2.09. The van der Waals surface area contributed by atoms with Gasteiger partial charge in [-0.05, 0) is 53.5 Å². The third kappa shape index (κ3) is 2.11.